The third-order valence-electron chi connectivity index (χ3n) is 2.76. The first-order valence-electron chi connectivity index (χ1n) is 5.83. The predicted molar refractivity (Wildman–Crippen MR) is 66.2 cm³/mol. The first-order valence-corrected chi connectivity index (χ1v) is 5.83. The summed E-state index contributed by atoms with van der Waals surface area (Å²) < 4.78 is 0. The Kier molecular flexibility index (Phi) is 3.24. The van der Waals surface area contributed by atoms with Crippen LogP contribution in [-0.4, -0.2) is 44.8 Å². The molecule has 0 spiro atoms. The van der Waals surface area contributed by atoms with Gasteiger partial charge in [-0.1, -0.05) is 0 Å². The zero-order chi connectivity index (χ0) is 14.0. The highest BCUT2D eigenvalue weighted by Gasteiger charge is 2.43. The lowest BCUT2D eigenvalue weighted by molar-refractivity contribution is -0.130. The van der Waals surface area contributed by atoms with E-state index >= 15 is 0 Å². The van der Waals surface area contributed by atoms with E-state index in [9.17, 15) is 14.4 Å². The molecule has 8 nitrogen and oxygen atoms in total. The number of carbonyl (C=O) groups excluding carboxylic acids is 3. The maximum atomic E-state index is 11.9. The molecule has 0 saturated carbocycles. The van der Waals surface area contributed by atoms with Crippen LogP contribution in [0.15, 0.2) is 12.4 Å². The molecular weight excluding hydrogens is 250 g/mol. The standard InChI is InChI=1S/C11H15N5O3/c1-11(2)8(18)16(10(19)15-11)6-3-7(17)14-9-12-4-5-13-9/h4-5H,3,6H2,1-2H3,(H,15,19)(H2,12,13,14,17). The van der Waals surface area contributed by atoms with Crippen molar-refractivity contribution in [1.82, 2.24) is 20.2 Å². The zero-order valence-corrected chi connectivity index (χ0v) is 10.7. The van der Waals surface area contributed by atoms with Gasteiger partial charge in [-0.3, -0.25) is 19.8 Å². The van der Waals surface area contributed by atoms with Crippen molar-refractivity contribution in [2.75, 3.05) is 11.9 Å². The minimum absolute atomic E-state index is 0.0237. The SMILES string of the molecule is CC1(C)NC(=O)N(CCC(=O)Nc2ncc[nH]2)C1=O. The summed E-state index contributed by atoms with van der Waals surface area (Å²) in [6, 6.07) is -0.471. The van der Waals surface area contributed by atoms with Gasteiger partial charge < -0.3 is 10.3 Å². The van der Waals surface area contributed by atoms with Crippen molar-refractivity contribution in [1.29, 1.82) is 0 Å². The molecule has 102 valence electrons. The summed E-state index contributed by atoms with van der Waals surface area (Å²) in [4.78, 5) is 42.6. The third kappa shape index (κ3) is 2.72. The minimum atomic E-state index is -0.908. The fourth-order valence-electron chi connectivity index (χ4n) is 1.76. The molecule has 1 aliphatic heterocycles. The van der Waals surface area contributed by atoms with Gasteiger partial charge in [0.15, 0.2) is 0 Å². The summed E-state index contributed by atoms with van der Waals surface area (Å²) in [5, 5.41) is 5.07. The maximum absolute atomic E-state index is 11.9. The van der Waals surface area contributed by atoms with Crippen molar-refractivity contribution < 1.29 is 14.4 Å². The van der Waals surface area contributed by atoms with E-state index in [1.165, 1.54) is 6.20 Å². The number of carbonyl (C=O) groups is 3. The highest BCUT2D eigenvalue weighted by molar-refractivity contribution is 6.06. The number of aromatic amines is 1. The molecule has 0 unspecified atom stereocenters. The highest BCUT2D eigenvalue weighted by Crippen LogP contribution is 2.16. The van der Waals surface area contributed by atoms with Gasteiger partial charge in [-0.2, -0.15) is 0 Å². The largest absolute Gasteiger partial charge is 0.331 e. The van der Waals surface area contributed by atoms with Crippen LogP contribution < -0.4 is 10.6 Å². The number of hydrogen-bond donors (Lipinski definition) is 3. The lowest BCUT2D eigenvalue weighted by Crippen LogP contribution is -2.40. The molecule has 1 saturated heterocycles. The quantitative estimate of drug-likeness (QED) is 0.669. The van der Waals surface area contributed by atoms with Gasteiger partial charge in [0.05, 0.1) is 0 Å². The van der Waals surface area contributed by atoms with E-state index in [4.69, 9.17) is 0 Å². The van der Waals surface area contributed by atoms with Crippen LogP contribution in [0.2, 0.25) is 0 Å². The summed E-state index contributed by atoms with van der Waals surface area (Å²) >= 11 is 0. The molecular formula is C11H15N5O3. The molecule has 1 aromatic rings. The Labute approximate surface area is 109 Å². The second-order valence-corrected chi connectivity index (χ2v) is 4.75. The number of amides is 4. The van der Waals surface area contributed by atoms with Gasteiger partial charge in [-0.15, -0.1) is 0 Å². The molecule has 0 aliphatic carbocycles. The summed E-state index contributed by atoms with van der Waals surface area (Å²) in [6.07, 6.45) is 3.11. The van der Waals surface area contributed by atoms with Gasteiger partial charge in [-0.05, 0) is 13.8 Å². The molecule has 3 N–H and O–H groups in total. The van der Waals surface area contributed by atoms with Gasteiger partial charge >= 0.3 is 6.03 Å². The third-order valence-corrected chi connectivity index (χ3v) is 2.76. The molecule has 1 aliphatic rings. The number of imidazole rings is 1. The van der Waals surface area contributed by atoms with Crippen molar-refractivity contribution in [2.24, 2.45) is 0 Å². The van der Waals surface area contributed by atoms with E-state index in [0.717, 1.165) is 4.90 Å². The van der Waals surface area contributed by atoms with Crippen LogP contribution >= 0.6 is 0 Å². The number of anilines is 1. The van der Waals surface area contributed by atoms with Crippen molar-refractivity contribution in [3.05, 3.63) is 12.4 Å². The Morgan fingerprint density at radius 3 is 2.74 bits per heavy atom. The second-order valence-electron chi connectivity index (χ2n) is 4.75. The number of imide groups is 1. The zero-order valence-electron chi connectivity index (χ0n) is 10.7. The number of nitrogens with one attached hydrogen (secondary N) is 3. The Morgan fingerprint density at radius 2 is 2.21 bits per heavy atom. The molecule has 0 radical (unpaired) electrons. The van der Waals surface area contributed by atoms with Crippen molar-refractivity contribution in [3.63, 3.8) is 0 Å². The number of H-pyrrole nitrogens is 1. The first-order chi connectivity index (χ1) is 8.90. The summed E-state index contributed by atoms with van der Waals surface area (Å²) in [6.45, 7) is 3.28. The smallest absolute Gasteiger partial charge is 0.325 e. The second kappa shape index (κ2) is 4.71. The molecule has 2 heterocycles. The van der Waals surface area contributed by atoms with Crippen LogP contribution in [-0.2, 0) is 9.59 Å². The molecule has 2 rings (SSSR count). The Morgan fingerprint density at radius 1 is 1.47 bits per heavy atom. The first kappa shape index (κ1) is 13.1. The molecule has 1 fully saturated rings. The Balaban J connectivity index is 1.87. The van der Waals surface area contributed by atoms with E-state index < -0.39 is 11.6 Å². The van der Waals surface area contributed by atoms with Crippen LogP contribution in [0.1, 0.15) is 20.3 Å². The van der Waals surface area contributed by atoms with Crippen molar-refractivity contribution in [2.45, 2.75) is 25.8 Å². The fourth-order valence-corrected chi connectivity index (χ4v) is 1.76. The van der Waals surface area contributed by atoms with Crippen LogP contribution in [0.3, 0.4) is 0 Å². The minimum Gasteiger partial charge on any atom is -0.331 e. The highest BCUT2D eigenvalue weighted by atomic mass is 16.2. The molecule has 19 heavy (non-hydrogen) atoms. The Hall–Kier alpha value is -2.38. The summed E-state index contributed by atoms with van der Waals surface area (Å²) in [5.74, 6) is -0.314. The van der Waals surface area contributed by atoms with Gasteiger partial charge in [0.1, 0.15) is 5.54 Å². The van der Waals surface area contributed by atoms with Gasteiger partial charge in [0.2, 0.25) is 11.9 Å². The summed E-state index contributed by atoms with van der Waals surface area (Å²) in [7, 11) is 0. The number of urea groups is 1. The monoisotopic (exact) mass is 265 g/mol. The van der Waals surface area contributed by atoms with Gasteiger partial charge in [0, 0.05) is 25.4 Å². The lowest BCUT2D eigenvalue weighted by Gasteiger charge is -2.15. The van der Waals surface area contributed by atoms with E-state index in [0.29, 0.717) is 5.95 Å². The molecule has 1 aromatic heterocycles. The van der Waals surface area contributed by atoms with Crippen LogP contribution in [0.5, 0.6) is 0 Å². The molecule has 0 bridgehead atoms. The summed E-state index contributed by atoms with van der Waals surface area (Å²) in [5.41, 5.74) is -0.908. The topological polar surface area (TPSA) is 107 Å². The number of rotatable bonds is 4. The fraction of sp³-hybridized carbons (Fsp3) is 0.455. The Bertz CT molecular complexity index is 508. The van der Waals surface area contributed by atoms with E-state index in [1.807, 2.05) is 0 Å². The van der Waals surface area contributed by atoms with Crippen molar-refractivity contribution >= 4 is 23.8 Å². The molecule has 8 heteroatoms. The molecule has 0 aromatic carbocycles. The average Bonchev–Trinajstić information content (AvgIpc) is 2.86. The maximum Gasteiger partial charge on any atom is 0.325 e. The number of hydrogen-bond acceptors (Lipinski definition) is 4. The van der Waals surface area contributed by atoms with Gasteiger partial charge in [-0.25, -0.2) is 9.78 Å². The molecule has 0 atom stereocenters. The van der Waals surface area contributed by atoms with E-state index in [1.54, 1.807) is 20.0 Å². The van der Waals surface area contributed by atoms with Crippen LogP contribution in [0.25, 0.3) is 0 Å². The van der Waals surface area contributed by atoms with Crippen LogP contribution in [0, 0.1) is 0 Å². The van der Waals surface area contributed by atoms with E-state index in [2.05, 4.69) is 20.6 Å². The number of aromatic nitrogens is 2. The average molecular weight is 265 g/mol. The normalized spacial score (nSPS) is 17.5. The number of nitrogens with zero attached hydrogens (tertiary/aromatic N) is 2. The molecule has 4 amide bonds. The predicted octanol–water partition coefficient (Wildman–Crippen LogP) is 0.0687. The van der Waals surface area contributed by atoms with E-state index in [-0.39, 0.29) is 24.8 Å². The van der Waals surface area contributed by atoms with Crippen LogP contribution in [0.4, 0.5) is 10.7 Å². The lowest BCUT2D eigenvalue weighted by atomic mass is 10.1. The van der Waals surface area contributed by atoms with Gasteiger partial charge in [0.25, 0.3) is 5.91 Å². The van der Waals surface area contributed by atoms with Crippen molar-refractivity contribution in [3.8, 4) is 0 Å².